The molecule has 3 aromatic carbocycles. The zero-order chi connectivity index (χ0) is 23.8. The maximum absolute atomic E-state index is 13.0. The topological polar surface area (TPSA) is 93.7 Å². The van der Waals surface area contributed by atoms with Gasteiger partial charge < -0.3 is 20.1 Å². The van der Waals surface area contributed by atoms with E-state index in [2.05, 4.69) is 10.6 Å². The molecular formula is C25H23FN2O5. The lowest BCUT2D eigenvalue weighted by atomic mass is 10.0. The third kappa shape index (κ3) is 6.64. The predicted molar refractivity (Wildman–Crippen MR) is 121 cm³/mol. The Hall–Kier alpha value is -4.20. The number of benzene rings is 3. The molecule has 0 saturated carbocycles. The van der Waals surface area contributed by atoms with Crippen LogP contribution in [0.25, 0.3) is 0 Å². The highest BCUT2D eigenvalue weighted by molar-refractivity contribution is 6.09. The van der Waals surface area contributed by atoms with Crippen molar-refractivity contribution in [2.45, 2.75) is 6.92 Å². The van der Waals surface area contributed by atoms with E-state index in [-0.39, 0.29) is 18.9 Å². The summed E-state index contributed by atoms with van der Waals surface area (Å²) in [6.45, 7) is 1.36. The Labute approximate surface area is 190 Å². The molecule has 0 saturated heterocycles. The molecule has 3 rings (SSSR count). The van der Waals surface area contributed by atoms with Crippen LogP contribution in [0.2, 0.25) is 0 Å². The van der Waals surface area contributed by atoms with Gasteiger partial charge in [0.25, 0.3) is 5.91 Å². The maximum Gasteiger partial charge on any atom is 0.258 e. The van der Waals surface area contributed by atoms with E-state index in [1.165, 1.54) is 31.4 Å². The zero-order valence-corrected chi connectivity index (χ0v) is 18.2. The van der Waals surface area contributed by atoms with Crippen molar-refractivity contribution in [3.8, 4) is 11.5 Å². The van der Waals surface area contributed by atoms with Gasteiger partial charge in [-0.25, -0.2) is 4.39 Å². The summed E-state index contributed by atoms with van der Waals surface area (Å²) in [7, 11) is 1.50. The van der Waals surface area contributed by atoms with Crippen LogP contribution in [-0.2, 0) is 9.59 Å². The predicted octanol–water partition coefficient (Wildman–Crippen LogP) is 3.51. The van der Waals surface area contributed by atoms with Crippen molar-refractivity contribution in [1.29, 1.82) is 0 Å². The van der Waals surface area contributed by atoms with Crippen molar-refractivity contribution in [2.75, 3.05) is 25.6 Å². The Balaban J connectivity index is 1.46. The number of amides is 2. The SMILES string of the molecule is COc1ccc(C)cc1NC(=O)CNC(=O)COc1ccc(C(=O)c2ccc(F)cc2)cc1. The Bertz CT molecular complexity index is 1140. The Morgan fingerprint density at radius 1 is 0.879 bits per heavy atom. The van der Waals surface area contributed by atoms with E-state index in [0.717, 1.165) is 5.56 Å². The Morgan fingerprint density at radius 3 is 2.15 bits per heavy atom. The molecule has 0 fully saturated rings. The Kier molecular flexibility index (Phi) is 7.75. The lowest BCUT2D eigenvalue weighted by Gasteiger charge is -2.12. The van der Waals surface area contributed by atoms with E-state index < -0.39 is 17.6 Å². The first kappa shape index (κ1) is 23.5. The number of halogens is 1. The summed E-state index contributed by atoms with van der Waals surface area (Å²) < 4.78 is 23.6. The van der Waals surface area contributed by atoms with Gasteiger partial charge in [0.15, 0.2) is 12.4 Å². The van der Waals surface area contributed by atoms with Crippen LogP contribution in [0.5, 0.6) is 11.5 Å². The summed E-state index contributed by atoms with van der Waals surface area (Å²) in [5.41, 5.74) is 2.24. The number of rotatable bonds is 9. The van der Waals surface area contributed by atoms with Crippen LogP contribution in [0, 0.1) is 12.7 Å². The van der Waals surface area contributed by atoms with Crippen molar-refractivity contribution in [1.82, 2.24) is 5.32 Å². The molecule has 0 aliphatic rings. The number of hydrogen-bond acceptors (Lipinski definition) is 5. The van der Waals surface area contributed by atoms with Crippen LogP contribution in [0.3, 0.4) is 0 Å². The number of ketones is 1. The van der Waals surface area contributed by atoms with Crippen LogP contribution in [0.15, 0.2) is 66.7 Å². The molecule has 2 N–H and O–H groups in total. The van der Waals surface area contributed by atoms with Crippen LogP contribution in [-0.4, -0.2) is 37.9 Å². The molecule has 0 radical (unpaired) electrons. The molecular weight excluding hydrogens is 427 g/mol. The summed E-state index contributed by atoms with van der Waals surface area (Å²) in [5, 5.41) is 5.17. The van der Waals surface area contributed by atoms with Gasteiger partial charge >= 0.3 is 0 Å². The van der Waals surface area contributed by atoms with Crippen molar-refractivity contribution in [3.05, 3.63) is 89.2 Å². The third-order valence-electron chi connectivity index (χ3n) is 4.67. The highest BCUT2D eigenvalue weighted by atomic mass is 19.1. The second-order valence-corrected chi connectivity index (χ2v) is 7.18. The molecule has 0 bridgehead atoms. The number of anilines is 1. The van der Waals surface area contributed by atoms with Gasteiger partial charge in [0, 0.05) is 11.1 Å². The Morgan fingerprint density at radius 2 is 1.52 bits per heavy atom. The van der Waals surface area contributed by atoms with Gasteiger partial charge in [0.05, 0.1) is 19.3 Å². The summed E-state index contributed by atoms with van der Waals surface area (Å²) in [6, 6.07) is 16.9. The number of carbonyl (C=O) groups is 3. The van der Waals surface area contributed by atoms with Gasteiger partial charge in [-0.05, 0) is 73.2 Å². The van der Waals surface area contributed by atoms with Crippen molar-refractivity contribution in [3.63, 3.8) is 0 Å². The van der Waals surface area contributed by atoms with Gasteiger partial charge in [-0.3, -0.25) is 14.4 Å². The van der Waals surface area contributed by atoms with Gasteiger partial charge in [-0.15, -0.1) is 0 Å². The molecule has 170 valence electrons. The fourth-order valence-electron chi connectivity index (χ4n) is 2.96. The lowest BCUT2D eigenvalue weighted by Crippen LogP contribution is -2.35. The molecule has 0 aliphatic carbocycles. The summed E-state index contributed by atoms with van der Waals surface area (Å²) in [6.07, 6.45) is 0. The average molecular weight is 450 g/mol. The minimum absolute atomic E-state index is 0.232. The van der Waals surface area contributed by atoms with E-state index >= 15 is 0 Å². The van der Waals surface area contributed by atoms with E-state index in [0.29, 0.717) is 28.3 Å². The first-order valence-electron chi connectivity index (χ1n) is 10.1. The van der Waals surface area contributed by atoms with Crippen LogP contribution < -0.4 is 20.1 Å². The molecule has 3 aromatic rings. The average Bonchev–Trinajstić information content (AvgIpc) is 2.82. The van der Waals surface area contributed by atoms with Gasteiger partial charge in [-0.2, -0.15) is 0 Å². The number of hydrogen-bond donors (Lipinski definition) is 2. The largest absolute Gasteiger partial charge is 0.495 e. The minimum atomic E-state index is -0.479. The maximum atomic E-state index is 13.0. The van der Waals surface area contributed by atoms with Gasteiger partial charge in [-0.1, -0.05) is 6.07 Å². The molecule has 0 unspecified atom stereocenters. The molecule has 0 aromatic heterocycles. The van der Waals surface area contributed by atoms with Crippen molar-refractivity contribution < 1.29 is 28.2 Å². The highest BCUT2D eigenvalue weighted by Crippen LogP contribution is 2.25. The van der Waals surface area contributed by atoms with Crippen molar-refractivity contribution in [2.24, 2.45) is 0 Å². The molecule has 0 atom stereocenters. The number of nitrogens with one attached hydrogen (secondary N) is 2. The van der Waals surface area contributed by atoms with Crippen LogP contribution in [0.1, 0.15) is 21.5 Å². The molecule has 2 amide bonds. The number of aryl methyl sites for hydroxylation is 1. The second kappa shape index (κ2) is 10.9. The quantitative estimate of drug-likeness (QED) is 0.487. The normalized spacial score (nSPS) is 10.3. The number of ether oxygens (including phenoxy) is 2. The van der Waals surface area contributed by atoms with Crippen LogP contribution in [0.4, 0.5) is 10.1 Å². The van der Waals surface area contributed by atoms with Gasteiger partial charge in [0.2, 0.25) is 5.91 Å². The van der Waals surface area contributed by atoms with E-state index in [1.807, 2.05) is 13.0 Å². The monoisotopic (exact) mass is 450 g/mol. The summed E-state index contributed by atoms with van der Waals surface area (Å²) >= 11 is 0. The van der Waals surface area contributed by atoms with E-state index in [9.17, 15) is 18.8 Å². The summed E-state index contributed by atoms with van der Waals surface area (Å²) in [4.78, 5) is 36.5. The molecule has 33 heavy (non-hydrogen) atoms. The summed E-state index contributed by atoms with van der Waals surface area (Å²) in [5.74, 6) is -0.653. The number of carbonyl (C=O) groups excluding carboxylic acids is 3. The van der Waals surface area contributed by atoms with Crippen LogP contribution >= 0.6 is 0 Å². The molecule has 0 spiro atoms. The fraction of sp³-hybridized carbons (Fsp3) is 0.160. The fourth-order valence-corrected chi connectivity index (χ4v) is 2.96. The second-order valence-electron chi connectivity index (χ2n) is 7.18. The number of methoxy groups -OCH3 is 1. The molecule has 8 heteroatoms. The van der Waals surface area contributed by atoms with E-state index in [1.54, 1.807) is 36.4 Å². The highest BCUT2D eigenvalue weighted by Gasteiger charge is 2.12. The zero-order valence-electron chi connectivity index (χ0n) is 18.2. The first-order chi connectivity index (χ1) is 15.9. The van der Waals surface area contributed by atoms with E-state index in [4.69, 9.17) is 9.47 Å². The first-order valence-corrected chi connectivity index (χ1v) is 10.1. The lowest BCUT2D eigenvalue weighted by molar-refractivity contribution is -0.125. The molecule has 0 aliphatic heterocycles. The smallest absolute Gasteiger partial charge is 0.258 e. The third-order valence-corrected chi connectivity index (χ3v) is 4.67. The molecule has 7 nitrogen and oxygen atoms in total. The van der Waals surface area contributed by atoms with Crippen molar-refractivity contribution >= 4 is 23.3 Å². The standard InChI is InChI=1S/C25H23FN2O5/c1-16-3-12-22(32-2)21(13-16)28-23(29)14-27-24(30)15-33-20-10-6-18(7-11-20)25(31)17-4-8-19(26)9-5-17/h3-13H,14-15H2,1-2H3,(H,27,30)(H,28,29). The van der Waals surface area contributed by atoms with Gasteiger partial charge in [0.1, 0.15) is 17.3 Å². The molecule has 0 heterocycles. The minimum Gasteiger partial charge on any atom is -0.495 e.